The number of allylic oxidation sites excluding steroid dienone is 8. The zero-order valence-electron chi connectivity index (χ0n) is 52.4. The van der Waals surface area contributed by atoms with E-state index in [1.165, 1.54) is 283 Å². The minimum absolute atomic E-state index is 0.00544. The van der Waals surface area contributed by atoms with Gasteiger partial charge in [-0.15, -0.1) is 0 Å². The molecule has 0 saturated heterocycles. The van der Waals surface area contributed by atoms with Crippen LogP contribution in [0.5, 0.6) is 0 Å². The van der Waals surface area contributed by atoms with Crippen LogP contribution in [0.1, 0.15) is 373 Å². The number of carbonyl (C=O) groups is 2. The van der Waals surface area contributed by atoms with Crippen molar-refractivity contribution < 1.29 is 24.5 Å². The van der Waals surface area contributed by atoms with Gasteiger partial charge in [0.15, 0.2) is 0 Å². The fourth-order valence-corrected chi connectivity index (χ4v) is 10.8. The molecule has 0 aliphatic rings. The molecule has 0 heterocycles. The summed E-state index contributed by atoms with van der Waals surface area (Å²) in [7, 11) is 0. The molecule has 0 fully saturated rings. The van der Waals surface area contributed by atoms with Crippen molar-refractivity contribution in [2.75, 3.05) is 13.2 Å². The molecular formula is C72H135NO5. The number of aliphatic hydroxyl groups excluding tert-OH is 2. The van der Waals surface area contributed by atoms with Gasteiger partial charge in [0.2, 0.25) is 5.91 Å². The number of rotatable bonds is 65. The third kappa shape index (κ3) is 63.0. The Labute approximate surface area is 486 Å². The molecule has 2 unspecified atom stereocenters. The molecule has 2 atom stereocenters. The van der Waals surface area contributed by atoms with Crippen LogP contribution in [0.15, 0.2) is 48.6 Å². The number of hydrogen-bond acceptors (Lipinski definition) is 5. The van der Waals surface area contributed by atoms with Gasteiger partial charge in [0.1, 0.15) is 0 Å². The molecule has 0 aromatic heterocycles. The molecular weight excluding hydrogens is 959 g/mol. The quantitative estimate of drug-likeness (QED) is 0.0320. The van der Waals surface area contributed by atoms with Crippen molar-refractivity contribution in [3.05, 3.63) is 48.6 Å². The van der Waals surface area contributed by atoms with Crippen molar-refractivity contribution in [1.82, 2.24) is 5.32 Å². The minimum atomic E-state index is -0.664. The smallest absolute Gasteiger partial charge is 0.305 e. The lowest BCUT2D eigenvalue weighted by Crippen LogP contribution is -2.45. The highest BCUT2D eigenvalue weighted by Crippen LogP contribution is 2.18. The van der Waals surface area contributed by atoms with Gasteiger partial charge in [-0.1, -0.05) is 319 Å². The Kier molecular flexibility index (Phi) is 65.4. The Balaban J connectivity index is 3.38. The number of carbonyl (C=O) groups excluding carboxylic acids is 2. The normalized spacial score (nSPS) is 12.8. The molecule has 0 aromatic rings. The van der Waals surface area contributed by atoms with Crippen LogP contribution in [0, 0.1) is 0 Å². The minimum Gasteiger partial charge on any atom is -0.466 e. The Hall–Kier alpha value is -2.18. The van der Waals surface area contributed by atoms with E-state index in [1.54, 1.807) is 0 Å². The zero-order chi connectivity index (χ0) is 56.4. The highest BCUT2D eigenvalue weighted by atomic mass is 16.5. The molecule has 0 saturated carbocycles. The number of ether oxygens (including phenoxy) is 1. The maximum absolute atomic E-state index is 12.5. The second-order valence-corrected chi connectivity index (χ2v) is 23.9. The summed E-state index contributed by atoms with van der Waals surface area (Å²) in [6.07, 6.45) is 87.3. The molecule has 0 rings (SSSR count). The fourth-order valence-electron chi connectivity index (χ4n) is 10.8. The first-order valence-electron chi connectivity index (χ1n) is 34.9. The highest BCUT2D eigenvalue weighted by molar-refractivity contribution is 5.76. The van der Waals surface area contributed by atoms with E-state index in [2.05, 4.69) is 67.8 Å². The third-order valence-electron chi connectivity index (χ3n) is 16.1. The summed E-state index contributed by atoms with van der Waals surface area (Å²) < 4.78 is 5.49. The van der Waals surface area contributed by atoms with Crippen LogP contribution in [0.25, 0.3) is 0 Å². The molecule has 0 bridgehead atoms. The van der Waals surface area contributed by atoms with Crippen LogP contribution >= 0.6 is 0 Å². The topological polar surface area (TPSA) is 95.9 Å². The van der Waals surface area contributed by atoms with Crippen molar-refractivity contribution in [1.29, 1.82) is 0 Å². The number of esters is 1. The predicted molar refractivity (Wildman–Crippen MR) is 342 cm³/mol. The number of amides is 1. The van der Waals surface area contributed by atoms with Gasteiger partial charge in [-0.05, 0) is 89.9 Å². The Morgan fingerprint density at radius 2 is 0.641 bits per heavy atom. The molecule has 78 heavy (non-hydrogen) atoms. The average Bonchev–Trinajstić information content (AvgIpc) is 3.44. The lowest BCUT2D eigenvalue weighted by atomic mass is 10.0. The van der Waals surface area contributed by atoms with Crippen molar-refractivity contribution in [3.63, 3.8) is 0 Å². The van der Waals surface area contributed by atoms with Crippen molar-refractivity contribution in [3.8, 4) is 0 Å². The SMILES string of the molecule is CCCCC/C=C\C/C=C\CCCCCCCCCC(=O)OCCCCCCCCCCC/C=C\C/C=C\CCCCCCCCCCCCCCCCCC(=O)NC(CO)C(O)CCCCCCCCCCCCCCC. The van der Waals surface area contributed by atoms with Gasteiger partial charge in [-0.2, -0.15) is 0 Å². The molecule has 0 aliphatic heterocycles. The van der Waals surface area contributed by atoms with Crippen molar-refractivity contribution >= 4 is 11.9 Å². The van der Waals surface area contributed by atoms with E-state index in [0.29, 0.717) is 25.9 Å². The van der Waals surface area contributed by atoms with Crippen LogP contribution in [0.3, 0.4) is 0 Å². The standard InChI is InChI=1S/C72H135NO5/c1-3-5-7-9-11-13-15-17-18-34-38-42-46-50-54-58-62-66-72(77)78-67-63-59-55-51-47-43-39-36-33-31-29-27-25-23-21-19-20-22-24-26-28-30-32-35-37-41-45-49-53-57-61-65-71(76)73-69(68-74)70(75)64-60-56-52-48-44-40-16-14-12-10-8-6-4-2/h11,13,17-18,21,23,27,29,69-70,74-75H,3-10,12,14-16,19-20,22,24-26,28,30-68H2,1-2H3,(H,73,76)/b13-11-,18-17-,23-21-,29-27-. The molecule has 1 amide bonds. The van der Waals surface area contributed by atoms with Crippen LogP contribution in [0.4, 0.5) is 0 Å². The first kappa shape index (κ1) is 75.8. The summed E-state index contributed by atoms with van der Waals surface area (Å²) in [6.45, 7) is 4.94. The Morgan fingerprint density at radius 1 is 0.359 bits per heavy atom. The van der Waals surface area contributed by atoms with Crippen molar-refractivity contribution in [2.45, 2.75) is 386 Å². The lowest BCUT2D eigenvalue weighted by Gasteiger charge is -2.22. The number of aliphatic hydroxyl groups is 2. The summed E-state index contributed by atoms with van der Waals surface area (Å²) in [5.41, 5.74) is 0. The highest BCUT2D eigenvalue weighted by Gasteiger charge is 2.20. The van der Waals surface area contributed by atoms with Gasteiger partial charge in [0.25, 0.3) is 0 Å². The fraction of sp³-hybridized carbons (Fsp3) is 0.861. The molecule has 0 radical (unpaired) electrons. The summed E-state index contributed by atoms with van der Waals surface area (Å²) in [6, 6.07) is -0.541. The molecule has 0 aliphatic carbocycles. The van der Waals surface area contributed by atoms with Gasteiger partial charge in [0.05, 0.1) is 25.4 Å². The molecule has 3 N–H and O–H groups in total. The summed E-state index contributed by atoms with van der Waals surface area (Å²) in [4.78, 5) is 24.6. The van der Waals surface area contributed by atoms with E-state index in [0.717, 1.165) is 57.8 Å². The van der Waals surface area contributed by atoms with E-state index in [1.807, 2.05) is 0 Å². The van der Waals surface area contributed by atoms with E-state index in [-0.39, 0.29) is 18.5 Å². The third-order valence-corrected chi connectivity index (χ3v) is 16.1. The first-order chi connectivity index (χ1) is 38.5. The van der Waals surface area contributed by atoms with E-state index in [4.69, 9.17) is 4.74 Å². The Morgan fingerprint density at radius 3 is 1.00 bits per heavy atom. The van der Waals surface area contributed by atoms with Crippen LogP contribution in [-0.2, 0) is 14.3 Å². The van der Waals surface area contributed by atoms with Crippen molar-refractivity contribution in [2.24, 2.45) is 0 Å². The molecule has 6 heteroatoms. The largest absolute Gasteiger partial charge is 0.466 e. The van der Waals surface area contributed by atoms with Crippen LogP contribution < -0.4 is 5.32 Å². The monoisotopic (exact) mass is 1090 g/mol. The van der Waals surface area contributed by atoms with E-state index in [9.17, 15) is 19.8 Å². The zero-order valence-corrected chi connectivity index (χ0v) is 52.4. The lowest BCUT2D eigenvalue weighted by molar-refractivity contribution is -0.143. The first-order valence-corrected chi connectivity index (χ1v) is 34.9. The summed E-state index contributed by atoms with van der Waals surface area (Å²) in [5, 5.41) is 23.3. The summed E-state index contributed by atoms with van der Waals surface area (Å²) in [5.74, 6) is -0.0278. The second-order valence-electron chi connectivity index (χ2n) is 23.9. The average molecular weight is 1090 g/mol. The van der Waals surface area contributed by atoms with Gasteiger partial charge in [-0.3, -0.25) is 9.59 Å². The number of unbranched alkanes of at least 4 members (excludes halogenated alkanes) is 46. The van der Waals surface area contributed by atoms with E-state index < -0.39 is 12.1 Å². The molecule has 0 aromatic carbocycles. The van der Waals surface area contributed by atoms with E-state index >= 15 is 0 Å². The molecule has 6 nitrogen and oxygen atoms in total. The molecule has 0 spiro atoms. The van der Waals surface area contributed by atoms with Gasteiger partial charge >= 0.3 is 5.97 Å². The van der Waals surface area contributed by atoms with Gasteiger partial charge < -0.3 is 20.3 Å². The van der Waals surface area contributed by atoms with Crippen LogP contribution in [0.2, 0.25) is 0 Å². The number of hydrogen-bond donors (Lipinski definition) is 3. The number of nitrogens with one attached hydrogen (secondary N) is 1. The molecule has 458 valence electrons. The maximum atomic E-state index is 12.5. The second kappa shape index (κ2) is 67.3. The Bertz CT molecular complexity index is 1310. The maximum Gasteiger partial charge on any atom is 0.305 e. The predicted octanol–water partition coefficient (Wildman–Crippen LogP) is 22.5. The van der Waals surface area contributed by atoms with Crippen LogP contribution in [-0.4, -0.2) is 47.4 Å². The van der Waals surface area contributed by atoms with Gasteiger partial charge in [-0.25, -0.2) is 0 Å². The summed E-state index contributed by atoms with van der Waals surface area (Å²) >= 11 is 0. The van der Waals surface area contributed by atoms with Gasteiger partial charge in [0, 0.05) is 12.8 Å².